The molecule has 0 saturated carbocycles. The van der Waals surface area contributed by atoms with Gasteiger partial charge in [-0.05, 0) is 24.7 Å². The summed E-state index contributed by atoms with van der Waals surface area (Å²) in [6.45, 7) is -3.45. The highest BCUT2D eigenvalue weighted by atomic mass is 32.7. The maximum atomic E-state index is 11.6. The number of rotatable bonds is 9. The van der Waals surface area contributed by atoms with Crippen molar-refractivity contribution in [1.82, 2.24) is 5.32 Å². The second kappa shape index (κ2) is 8.53. The summed E-state index contributed by atoms with van der Waals surface area (Å²) >= 11 is 2.15. The van der Waals surface area contributed by atoms with Gasteiger partial charge in [0.2, 0.25) is 5.91 Å². The number of amides is 1. The van der Waals surface area contributed by atoms with Crippen LogP contribution in [-0.2, 0) is 19.5 Å². The number of hydrogen-bond donors (Lipinski definition) is 3. The van der Waals surface area contributed by atoms with Crippen LogP contribution >= 0.6 is 29.7 Å². The van der Waals surface area contributed by atoms with Crippen molar-refractivity contribution >= 4 is 45.7 Å². The van der Waals surface area contributed by atoms with Gasteiger partial charge in [-0.3, -0.25) is 13.9 Å². The summed E-state index contributed by atoms with van der Waals surface area (Å²) in [5, 5.41) is 0.721. The van der Waals surface area contributed by atoms with Crippen molar-refractivity contribution in [2.24, 2.45) is 0 Å². The highest BCUT2D eigenvalue weighted by Gasteiger charge is 2.30. The third-order valence-electron chi connectivity index (χ3n) is 2.22. The lowest BCUT2D eigenvalue weighted by Gasteiger charge is -2.14. The molecule has 3 N–H and O–H groups in total. The first-order chi connectivity index (χ1) is 8.64. The van der Waals surface area contributed by atoms with Gasteiger partial charge in [-0.15, -0.1) is 0 Å². The number of nitrogens with one attached hydrogen (secondary N) is 1. The lowest BCUT2D eigenvalue weighted by molar-refractivity contribution is -0.120. The van der Waals surface area contributed by atoms with Crippen molar-refractivity contribution in [3.05, 3.63) is 0 Å². The van der Waals surface area contributed by atoms with Gasteiger partial charge in [0.25, 0.3) is 16.7 Å². The van der Waals surface area contributed by atoms with Crippen LogP contribution in [0.2, 0.25) is 0 Å². The summed E-state index contributed by atoms with van der Waals surface area (Å²) in [6, 6.07) is 0. The van der Waals surface area contributed by atoms with Crippen LogP contribution in [0.4, 0.5) is 0 Å². The molecule has 114 valence electrons. The summed E-state index contributed by atoms with van der Waals surface area (Å²) in [5.74, 6) is -0.445. The highest BCUT2D eigenvalue weighted by Crippen LogP contribution is 2.52. The average molecular weight is 351 g/mol. The zero-order valence-electron chi connectivity index (χ0n) is 10.6. The maximum absolute atomic E-state index is 11.6. The van der Waals surface area contributed by atoms with Crippen LogP contribution in [-0.4, -0.2) is 60.0 Å². The summed E-state index contributed by atoms with van der Waals surface area (Å²) < 4.78 is 42.4. The topological polar surface area (TPSA) is 121 Å². The Kier molecular flexibility index (Phi) is 8.65. The Hall–Kier alpha value is 0.270. The molecule has 1 amide bonds. The fraction of sp³-hybridized carbons (Fsp3) is 0.875. The van der Waals surface area contributed by atoms with Crippen LogP contribution < -0.4 is 5.32 Å². The second-order valence-electron chi connectivity index (χ2n) is 3.62. The Morgan fingerprint density at radius 3 is 2.42 bits per heavy atom. The van der Waals surface area contributed by atoms with Gasteiger partial charge in [0.1, 0.15) is 0 Å². The molecule has 0 fully saturated rings. The molecule has 7 nitrogen and oxygen atoms in total. The molecule has 0 aromatic rings. The van der Waals surface area contributed by atoms with Crippen molar-refractivity contribution in [2.45, 2.75) is 11.7 Å². The van der Waals surface area contributed by atoms with Crippen LogP contribution in [0.3, 0.4) is 0 Å². The largest absolute Gasteiger partial charge is 0.354 e. The summed E-state index contributed by atoms with van der Waals surface area (Å²) in [5.41, 5.74) is 0. The number of carbonyl (C=O) groups is 1. The van der Waals surface area contributed by atoms with Gasteiger partial charge in [0.15, 0.2) is 5.25 Å². The molecule has 0 aromatic heterocycles. The molecule has 0 aliphatic heterocycles. The monoisotopic (exact) mass is 351 g/mol. The minimum Gasteiger partial charge on any atom is -0.354 e. The molecule has 0 saturated heterocycles. The van der Waals surface area contributed by atoms with Gasteiger partial charge >= 0.3 is 0 Å². The third kappa shape index (κ3) is 8.21. The SMILES string of the molecule is CSCCC(C(=O)NCCP(=O)(O)SC)S(=O)(=O)O. The van der Waals surface area contributed by atoms with Crippen LogP contribution in [0.25, 0.3) is 0 Å². The number of thioether (sulfide) groups is 1. The zero-order valence-corrected chi connectivity index (χ0v) is 13.9. The molecular formula is C8H18NO6PS3. The van der Waals surface area contributed by atoms with Gasteiger partial charge < -0.3 is 10.2 Å². The van der Waals surface area contributed by atoms with Gasteiger partial charge in [-0.1, -0.05) is 11.4 Å². The van der Waals surface area contributed by atoms with E-state index >= 15 is 0 Å². The van der Waals surface area contributed by atoms with E-state index in [-0.39, 0.29) is 19.1 Å². The van der Waals surface area contributed by atoms with E-state index in [9.17, 15) is 22.7 Å². The van der Waals surface area contributed by atoms with Crippen LogP contribution in [0, 0.1) is 0 Å². The molecule has 0 bridgehead atoms. The lowest BCUT2D eigenvalue weighted by Crippen LogP contribution is -2.41. The van der Waals surface area contributed by atoms with Gasteiger partial charge in [0, 0.05) is 6.54 Å². The summed E-state index contributed by atoms with van der Waals surface area (Å²) in [4.78, 5) is 20.9. The smallest absolute Gasteiger partial charge is 0.276 e. The Morgan fingerprint density at radius 2 is 2.00 bits per heavy atom. The predicted molar refractivity (Wildman–Crippen MR) is 79.6 cm³/mol. The van der Waals surface area contributed by atoms with Crippen molar-refractivity contribution in [1.29, 1.82) is 0 Å². The predicted octanol–water partition coefficient (Wildman–Crippen LogP) is 0.661. The maximum Gasteiger partial charge on any atom is 0.276 e. The highest BCUT2D eigenvalue weighted by molar-refractivity contribution is 8.56. The van der Waals surface area contributed by atoms with Crippen molar-refractivity contribution < 1.29 is 27.2 Å². The van der Waals surface area contributed by atoms with Crippen LogP contribution in [0.1, 0.15) is 6.42 Å². The zero-order chi connectivity index (χ0) is 15.1. The van der Waals surface area contributed by atoms with Gasteiger partial charge in [0.05, 0.1) is 6.16 Å². The quantitative estimate of drug-likeness (QED) is 0.409. The van der Waals surface area contributed by atoms with E-state index in [1.54, 1.807) is 6.26 Å². The second-order valence-corrected chi connectivity index (χ2v) is 11.1. The molecule has 0 aliphatic rings. The average Bonchev–Trinajstić information content (AvgIpc) is 2.27. The first-order valence-electron chi connectivity index (χ1n) is 5.24. The van der Waals surface area contributed by atoms with Crippen LogP contribution in [0.5, 0.6) is 0 Å². The van der Waals surface area contributed by atoms with Crippen molar-refractivity contribution in [3.8, 4) is 0 Å². The number of hydrogen-bond acceptors (Lipinski definition) is 6. The molecule has 0 aromatic carbocycles. The Labute approximate surface area is 121 Å². The molecule has 11 heteroatoms. The minimum absolute atomic E-state index is 0.00878. The third-order valence-corrected chi connectivity index (χ3v) is 7.65. The molecule has 0 radical (unpaired) electrons. The van der Waals surface area contributed by atoms with E-state index in [0.29, 0.717) is 5.75 Å². The minimum atomic E-state index is -4.47. The van der Waals surface area contributed by atoms with E-state index < -0.39 is 27.8 Å². The van der Waals surface area contributed by atoms with E-state index in [1.165, 1.54) is 18.0 Å². The number of carbonyl (C=O) groups excluding carboxylic acids is 1. The molecule has 2 atom stereocenters. The molecule has 0 rings (SSSR count). The first-order valence-corrected chi connectivity index (χ1v) is 11.8. The van der Waals surface area contributed by atoms with E-state index in [1.807, 2.05) is 0 Å². The van der Waals surface area contributed by atoms with Crippen molar-refractivity contribution in [3.63, 3.8) is 0 Å². The molecule has 0 aliphatic carbocycles. The van der Waals surface area contributed by atoms with E-state index in [4.69, 9.17) is 4.55 Å². The molecular weight excluding hydrogens is 333 g/mol. The fourth-order valence-corrected chi connectivity index (χ4v) is 3.95. The molecule has 19 heavy (non-hydrogen) atoms. The van der Waals surface area contributed by atoms with E-state index in [0.717, 1.165) is 11.4 Å². The van der Waals surface area contributed by atoms with E-state index in [2.05, 4.69) is 5.32 Å². The Bertz CT molecular complexity index is 440. The standard InChI is InChI=1S/C8H18NO6PS3/c1-17-6-3-7(19(13,14)15)8(10)9-4-5-16(11,12)18-2/h7H,3-6H2,1-2H3,(H,9,10)(H,11,12)(H,13,14,15). The summed E-state index contributed by atoms with van der Waals surface area (Å²) in [7, 11) is -4.47. The summed E-state index contributed by atoms with van der Waals surface area (Å²) in [6.07, 6.45) is 3.06. The molecule has 0 heterocycles. The normalized spacial score (nSPS) is 16.6. The fourth-order valence-electron chi connectivity index (χ4n) is 1.17. The molecule has 2 unspecified atom stereocenters. The van der Waals surface area contributed by atoms with Gasteiger partial charge in [-0.25, -0.2) is 0 Å². The lowest BCUT2D eigenvalue weighted by atomic mass is 10.3. The molecule has 0 spiro atoms. The van der Waals surface area contributed by atoms with Crippen LogP contribution in [0.15, 0.2) is 0 Å². The Balaban J connectivity index is 4.46. The van der Waals surface area contributed by atoms with Gasteiger partial charge in [-0.2, -0.15) is 20.2 Å². The first kappa shape index (κ1) is 19.3. The van der Waals surface area contributed by atoms with Crippen molar-refractivity contribution in [2.75, 3.05) is 31.0 Å². The Morgan fingerprint density at radius 1 is 1.42 bits per heavy atom.